The van der Waals surface area contributed by atoms with Gasteiger partial charge in [0, 0.05) is 24.4 Å². The predicted molar refractivity (Wildman–Crippen MR) is 57.2 cm³/mol. The maximum absolute atomic E-state index is 11.6. The van der Waals surface area contributed by atoms with Crippen molar-refractivity contribution in [2.45, 2.75) is 32.8 Å². The predicted octanol–water partition coefficient (Wildman–Crippen LogP) is 1.88. The van der Waals surface area contributed by atoms with Gasteiger partial charge in [-0.05, 0) is 27.2 Å². The molecule has 0 unspecified atom stereocenters. The molecule has 0 aromatic heterocycles. The zero-order valence-electron chi connectivity index (χ0n) is 9.54. The Morgan fingerprint density at radius 1 is 1.53 bits per heavy atom. The van der Waals surface area contributed by atoms with Gasteiger partial charge in [0.15, 0.2) is 0 Å². The third kappa shape index (κ3) is 1.81. The number of ether oxygens (including phenoxy) is 1. The molecule has 15 heavy (non-hydrogen) atoms. The molecule has 82 valence electrons. The Morgan fingerprint density at radius 3 is 2.53 bits per heavy atom. The lowest BCUT2D eigenvalue weighted by Crippen LogP contribution is -2.53. The van der Waals surface area contributed by atoms with Gasteiger partial charge >= 0.3 is 6.09 Å². The fraction of sp³-hybridized carbons (Fsp3) is 0.750. The molecular weight excluding hydrogens is 190 g/mol. The molecule has 1 saturated carbocycles. The van der Waals surface area contributed by atoms with E-state index in [9.17, 15) is 4.79 Å². The smallest absolute Gasteiger partial charge is 0.410 e. The van der Waals surface area contributed by atoms with Crippen molar-refractivity contribution in [2.24, 2.45) is 11.3 Å². The Hall–Kier alpha value is -1.17. The van der Waals surface area contributed by atoms with E-state index in [1.807, 2.05) is 20.8 Å². The van der Waals surface area contributed by atoms with Gasteiger partial charge in [-0.3, -0.25) is 0 Å². The summed E-state index contributed by atoms with van der Waals surface area (Å²) < 4.78 is 5.27. The van der Waals surface area contributed by atoms with Gasteiger partial charge in [-0.25, -0.2) is 4.79 Å². The lowest BCUT2D eigenvalue weighted by atomic mass is 9.94. The van der Waals surface area contributed by atoms with Crippen molar-refractivity contribution in [3.8, 4) is 12.3 Å². The van der Waals surface area contributed by atoms with E-state index in [1.54, 1.807) is 4.90 Å². The lowest BCUT2D eigenvalue weighted by molar-refractivity contribution is -0.00775. The zero-order chi connectivity index (χ0) is 11.3. The Kier molecular flexibility index (Phi) is 2.01. The van der Waals surface area contributed by atoms with Crippen LogP contribution in [0.3, 0.4) is 0 Å². The fourth-order valence-electron chi connectivity index (χ4n) is 2.10. The van der Waals surface area contributed by atoms with Crippen LogP contribution in [0, 0.1) is 23.7 Å². The summed E-state index contributed by atoms with van der Waals surface area (Å²) in [6, 6.07) is 0. The first-order valence-electron chi connectivity index (χ1n) is 5.30. The van der Waals surface area contributed by atoms with Crippen LogP contribution in [0.15, 0.2) is 0 Å². The summed E-state index contributed by atoms with van der Waals surface area (Å²) in [6.45, 7) is 7.18. The number of terminal acetylenes is 1. The molecule has 0 bridgehead atoms. The maximum Gasteiger partial charge on any atom is 0.410 e. The number of carbonyl (C=O) groups excluding carboxylic acids is 1. The quantitative estimate of drug-likeness (QED) is 0.567. The number of hydrogen-bond acceptors (Lipinski definition) is 2. The van der Waals surface area contributed by atoms with Crippen molar-refractivity contribution in [2.75, 3.05) is 13.1 Å². The van der Waals surface area contributed by atoms with Crippen LogP contribution in [-0.2, 0) is 4.74 Å². The molecule has 0 aromatic carbocycles. The molecule has 1 spiro atoms. The van der Waals surface area contributed by atoms with E-state index < -0.39 is 5.60 Å². The molecule has 1 amide bonds. The summed E-state index contributed by atoms with van der Waals surface area (Å²) >= 11 is 0. The van der Waals surface area contributed by atoms with E-state index >= 15 is 0 Å². The lowest BCUT2D eigenvalue weighted by Gasteiger charge is -2.40. The van der Waals surface area contributed by atoms with Gasteiger partial charge in [-0.2, -0.15) is 0 Å². The molecule has 0 aromatic rings. The average Bonchev–Trinajstić information content (AvgIpc) is 2.71. The minimum Gasteiger partial charge on any atom is -0.444 e. The van der Waals surface area contributed by atoms with Crippen molar-refractivity contribution < 1.29 is 9.53 Å². The molecular formula is C12H17NO2. The van der Waals surface area contributed by atoms with E-state index in [2.05, 4.69) is 5.92 Å². The molecule has 1 saturated heterocycles. The molecule has 0 radical (unpaired) electrons. The molecule has 1 aliphatic carbocycles. The fourth-order valence-corrected chi connectivity index (χ4v) is 2.10. The van der Waals surface area contributed by atoms with Crippen LogP contribution >= 0.6 is 0 Å². The summed E-state index contributed by atoms with van der Waals surface area (Å²) in [5.41, 5.74) is -0.152. The van der Waals surface area contributed by atoms with Crippen molar-refractivity contribution in [1.29, 1.82) is 0 Å². The van der Waals surface area contributed by atoms with Gasteiger partial charge in [0.25, 0.3) is 0 Å². The first-order valence-corrected chi connectivity index (χ1v) is 5.30. The van der Waals surface area contributed by atoms with Crippen LogP contribution in [0.25, 0.3) is 0 Å². The number of amides is 1. The van der Waals surface area contributed by atoms with Gasteiger partial charge in [-0.1, -0.05) is 0 Å². The van der Waals surface area contributed by atoms with Crippen LogP contribution in [-0.4, -0.2) is 29.7 Å². The van der Waals surface area contributed by atoms with Crippen molar-refractivity contribution >= 4 is 6.09 Å². The summed E-state index contributed by atoms with van der Waals surface area (Å²) in [5.74, 6) is 3.15. The maximum atomic E-state index is 11.6. The highest BCUT2D eigenvalue weighted by molar-refractivity contribution is 5.70. The second-order valence-corrected chi connectivity index (χ2v) is 5.62. The Labute approximate surface area is 90.8 Å². The molecule has 0 N–H and O–H groups in total. The monoisotopic (exact) mass is 207 g/mol. The second-order valence-electron chi connectivity index (χ2n) is 5.62. The van der Waals surface area contributed by atoms with Crippen LogP contribution in [0.4, 0.5) is 4.79 Å². The molecule has 3 heteroatoms. The number of rotatable bonds is 0. The molecule has 2 rings (SSSR count). The number of likely N-dealkylation sites (tertiary alicyclic amines) is 1. The van der Waals surface area contributed by atoms with E-state index in [-0.39, 0.29) is 11.5 Å². The molecule has 1 atom stereocenters. The highest BCUT2D eigenvalue weighted by Crippen LogP contribution is 2.58. The molecule has 2 aliphatic rings. The van der Waals surface area contributed by atoms with Gasteiger partial charge in [-0.15, -0.1) is 12.3 Å². The highest BCUT2D eigenvalue weighted by Gasteiger charge is 2.62. The summed E-state index contributed by atoms with van der Waals surface area (Å²) in [7, 11) is 0. The Balaban J connectivity index is 1.81. The summed E-state index contributed by atoms with van der Waals surface area (Å²) in [5, 5.41) is 0. The first kappa shape index (κ1) is 10.4. The average molecular weight is 207 g/mol. The highest BCUT2D eigenvalue weighted by atomic mass is 16.6. The summed E-state index contributed by atoms with van der Waals surface area (Å²) in [6.07, 6.45) is 6.22. The van der Waals surface area contributed by atoms with Gasteiger partial charge in [0.05, 0.1) is 0 Å². The van der Waals surface area contributed by atoms with E-state index in [0.29, 0.717) is 5.92 Å². The first-order chi connectivity index (χ1) is 6.86. The largest absolute Gasteiger partial charge is 0.444 e. The van der Waals surface area contributed by atoms with Gasteiger partial charge in [0.1, 0.15) is 5.60 Å². The van der Waals surface area contributed by atoms with Crippen LogP contribution < -0.4 is 0 Å². The third-order valence-corrected chi connectivity index (χ3v) is 3.05. The minimum absolute atomic E-state index is 0.212. The number of nitrogens with zero attached hydrogens (tertiary/aromatic N) is 1. The molecule has 1 aliphatic heterocycles. The molecule has 3 nitrogen and oxygen atoms in total. The molecule has 1 heterocycles. The number of hydrogen-bond donors (Lipinski definition) is 0. The standard InChI is InChI=1S/C12H17NO2/c1-5-9-6-12(9)7-13(8-12)10(14)15-11(2,3)4/h1,9H,6-8H2,2-4H3/t9-/m0/s1. The Morgan fingerprint density at radius 2 is 2.13 bits per heavy atom. The SMILES string of the molecule is C#C[C@H]1CC12CN(C(=O)OC(C)(C)C)C2. The van der Waals surface area contributed by atoms with Crippen LogP contribution in [0.5, 0.6) is 0 Å². The van der Waals surface area contributed by atoms with Crippen molar-refractivity contribution in [3.63, 3.8) is 0 Å². The second kappa shape index (κ2) is 2.91. The van der Waals surface area contributed by atoms with Gasteiger partial charge < -0.3 is 9.64 Å². The van der Waals surface area contributed by atoms with E-state index in [1.165, 1.54) is 0 Å². The van der Waals surface area contributed by atoms with Crippen LogP contribution in [0.1, 0.15) is 27.2 Å². The normalized spacial score (nSPS) is 26.8. The minimum atomic E-state index is -0.408. The van der Waals surface area contributed by atoms with Crippen molar-refractivity contribution in [1.82, 2.24) is 4.90 Å². The molecule has 2 fully saturated rings. The van der Waals surface area contributed by atoms with Crippen molar-refractivity contribution in [3.05, 3.63) is 0 Å². The summed E-state index contributed by atoms with van der Waals surface area (Å²) in [4.78, 5) is 13.3. The van der Waals surface area contributed by atoms with Crippen LogP contribution in [0.2, 0.25) is 0 Å². The zero-order valence-corrected chi connectivity index (χ0v) is 9.54. The van der Waals surface area contributed by atoms with E-state index in [4.69, 9.17) is 11.2 Å². The Bertz CT molecular complexity index is 329. The van der Waals surface area contributed by atoms with E-state index in [0.717, 1.165) is 19.5 Å². The van der Waals surface area contributed by atoms with Gasteiger partial charge in [0.2, 0.25) is 0 Å². The topological polar surface area (TPSA) is 29.5 Å². The third-order valence-electron chi connectivity index (χ3n) is 3.05. The number of carbonyl (C=O) groups is 1.